The van der Waals surface area contributed by atoms with Gasteiger partial charge in [-0.1, -0.05) is 135 Å². The van der Waals surface area contributed by atoms with Crippen LogP contribution >= 0.6 is 11.3 Å². The van der Waals surface area contributed by atoms with Crippen LogP contribution < -0.4 is 4.90 Å². The van der Waals surface area contributed by atoms with Crippen LogP contribution in [0, 0.1) is 0 Å². The van der Waals surface area contributed by atoms with Crippen LogP contribution in [0.5, 0.6) is 0 Å². The van der Waals surface area contributed by atoms with Crippen molar-refractivity contribution in [2.45, 2.75) is 19.3 Å². The monoisotopic (exact) mass is 785 g/mol. The lowest BCUT2D eigenvalue weighted by Gasteiger charge is -2.26. The molecule has 60 heavy (non-hydrogen) atoms. The van der Waals surface area contributed by atoms with Crippen LogP contribution in [-0.4, -0.2) is 0 Å². The van der Waals surface area contributed by atoms with E-state index in [4.69, 9.17) is 4.42 Å². The average Bonchev–Trinajstić information content (AvgIpc) is 3.94. The third-order valence-corrected chi connectivity index (χ3v) is 13.9. The molecule has 284 valence electrons. The summed E-state index contributed by atoms with van der Waals surface area (Å²) in [5.74, 6) is 0. The van der Waals surface area contributed by atoms with E-state index < -0.39 is 0 Å². The van der Waals surface area contributed by atoms with E-state index in [1.807, 2.05) is 23.5 Å². The minimum absolute atomic E-state index is 0.0433. The summed E-state index contributed by atoms with van der Waals surface area (Å²) >= 11 is 1.86. The van der Waals surface area contributed by atoms with Gasteiger partial charge in [0.1, 0.15) is 11.2 Å². The molecule has 2 aromatic heterocycles. The largest absolute Gasteiger partial charge is 0.456 e. The molecule has 9 aromatic carbocycles. The lowest BCUT2D eigenvalue weighted by Crippen LogP contribution is -2.14. The van der Waals surface area contributed by atoms with E-state index in [1.54, 1.807) is 0 Å². The zero-order valence-electron chi connectivity index (χ0n) is 33.3. The van der Waals surface area contributed by atoms with E-state index in [0.717, 1.165) is 50.1 Å². The molecule has 0 bridgehead atoms. The summed E-state index contributed by atoms with van der Waals surface area (Å²) < 4.78 is 8.78. The zero-order valence-corrected chi connectivity index (χ0v) is 34.1. The summed E-state index contributed by atoms with van der Waals surface area (Å²) in [7, 11) is 0. The summed E-state index contributed by atoms with van der Waals surface area (Å²) in [6, 6.07) is 73.2. The lowest BCUT2D eigenvalue weighted by atomic mass is 9.81. The quantitative estimate of drug-likeness (QED) is 0.167. The Morgan fingerprint density at radius 1 is 0.367 bits per heavy atom. The number of furan rings is 1. The first-order valence-electron chi connectivity index (χ1n) is 20.6. The maximum atomic E-state index is 6.13. The predicted octanol–water partition coefficient (Wildman–Crippen LogP) is 16.7. The second-order valence-corrected chi connectivity index (χ2v) is 17.6. The summed E-state index contributed by atoms with van der Waals surface area (Å²) in [4.78, 5) is 2.36. The Balaban J connectivity index is 0.915. The van der Waals surface area contributed by atoms with E-state index in [9.17, 15) is 0 Å². The summed E-state index contributed by atoms with van der Waals surface area (Å²) in [5.41, 5.74) is 17.7. The second-order valence-electron chi connectivity index (χ2n) is 16.5. The third-order valence-electron chi connectivity index (χ3n) is 12.7. The van der Waals surface area contributed by atoms with Gasteiger partial charge in [-0.05, 0) is 134 Å². The predicted molar refractivity (Wildman–Crippen MR) is 255 cm³/mol. The first-order valence-corrected chi connectivity index (χ1v) is 21.5. The van der Waals surface area contributed by atoms with Crippen molar-refractivity contribution in [3.63, 3.8) is 0 Å². The Hall–Kier alpha value is -7.20. The summed E-state index contributed by atoms with van der Waals surface area (Å²) in [6.45, 7) is 4.69. The Bertz CT molecular complexity index is 3280. The fourth-order valence-electron chi connectivity index (χ4n) is 9.55. The van der Waals surface area contributed by atoms with Gasteiger partial charge < -0.3 is 9.32 Å². The number of thiophene rings is 1. The highest BCUT2D eigenvalue weighted by Gasteiger charge is 2.35. The van der Waals surface area contributed by atoms with Gasteiger partial charge in [0.25, 0.3) is 0 Å². The van der Waals surface area contributed by atoms with Crippen molar-refractivity contribution in [3.05, 3.63) is 211 Å². The molecule has 0 fully saturated rings. The second kappa shape index (κ2) is 13.4. The van der Waals surface area contributed by atoms with E-state index >= 15 is 0 Å². The van der Waals surface area contributed by atoms with Crippen molar-refractivity contribution in [2.75, 3.05) is 4.90 Å². The Morgan fingerprint density at radius 3 is 1.55 bits per heavy atom. The van der Waals surface area contributed by atoms with Gasteiger partial charge in [0.15, 0.2) is 0 Å². The molecule has 1 aliphatic rings. The molecule has 12 rings (SSSR count). The van der Waals surface area contributed by atoms with Crippen LogP contribution in [0.15, 0.2) is 205 Å². The van der Waals surface area contributed by atoms with E-state index in [1.165, 1.54) is 64.7 Å². The fourth-order valence-corrected chi connectivity index (χ4v) is 10.6. The van der Waals surface area contributed by atoms with Crippen LogP contribution in [0.2, 0.25) is 0 Å². The standard InChI is InChI=1S/C57H39NOS/c1-57(2)51-12-6-3-9-45(51)46-30-21-41(35-52(46)57)38-19-28-44(29-20-38)58(42-24-15-36(16-25-42)39-22-31-54-49(33-39)47-10-4-7-13-53(47)59-54)43-26-17-37(18-27-43)40-23-32-56-50(34-40)48-11-5-8-14-55(48)60-56/h3-35H,1-2H3. The SMILES string of the molecule is CC1(C)c2ccccc2-c2ccc(-c3ccc(N(c4ccc(-c5ccc6oc7ccccc7c6c5)cc4)c4ccc(-c5ccc6sc7ccccc7c6c5)cc4)cc3)cc21. The molecular weight excluding hydrogens is 747 g/mol. The van der Waals surface area contributed by atoms with Crippen molar-refractivity contribution in [3.8, 4) is 44.5 Å². The van der Waals surface area contributed by atoms with E-state index in [0.29, 0.717) is 0 Å². The van der Waals surface area contributed by atoms with Crippen LogP contribution in [-0.2, 0) is 5.41 Å². The molecule has 0 aliphatic heterocycles. The highest BCUT2D eigenvalue weighted by atomic mass is 32.1. The van der Waals surface area contributed by atoms with Crippen molar-refractivity contribution in [1.29, 1.82) is 0 Å². The van der Waals surface area contributed by atoms with Crippen molar-refractivity contribution in [1.82, 2.24) is 0 Å². The highest BCUT2D eigenvalue weighted by Crippen LogP contribution is 2.50. The number of nitrogens with zero attached hydrogens (tertiary/aromatic N) is 1. The van der Waals surface area contributed by atoms with Gasteiger partial charge in [-0.2, -0.15) is 0 Å². The smallest absolute Gasteiger partial charge is 0.135 e. The van der Waals surface area contributed by atoms with Crippen molar-refractivity contribution < 1.29 is 4.42 Å². The number of benzene rings is 9. The number of hydrogen-bond acceptors (Lipinski definition) is 3. The van der Waals surface area contributed by atoms with Crippen LogP contribution in [0.3, 0.4) is 0 Å². The molecule has 3 heteroatoms. The number of fused-ring (bicyclic) bond motifs is 9. The molecule has 0 atom stereocenters. The topological polar surface area (TPSA) is 16.4 Å². The molecule has 1 aliphatic carbocycles. The molecule has 0 saturated heterocycles. The third kappa shape index (κ3) is 5.54. The number of rotatable bonds is 6. The van der Waals surface area contributed by atoms with Gasteiger partial charge in [-0.3, -0.25) is 0 Å². The van der Waals surface area contributed by atoms with E-state index in [-0.39, 0.29) is 5.41 Å². The van der Waals surface area contributed by atoms with Gasteiger partial charge in [0.05, 0.1) is 0 Å². The number of anilines is 3. The van der Waals surface area contributed by atoms with E-state index in [2.05, 4.69) is 207 Å². The van der Waals surface area contributed by atoms with Crippen molar-refractivity contribution in [2.24, 2.45) is 0 Å². The molecular formula is C57H39NOS. The summed E-state index contributed by atoms with van der Waals surface area (Å²) in [6.07, 6.45) is 0. The first-order chi connectivity index (χ1) is 29.5. The highest BCUT2D eigenvalue weighted by molar-refractivity contribution is 7.25. The first kappa shape index (κ1) is 34.8. The van der Waals surface area contributed by atoms with Crippen LogP contribution in [0.25, 0.3) is 86.6 Å². The molecule has 0 unspecified atom stereocenters. The van der Waals surface area contributed by atoms with Gasteiger partial charge in [0, 0.05) is 53.4 Å². The average molecular weight is 786 g/mol. The van der Waals surface area contributed by atoms with Crippen LogP contribution in [0.4, 0.5) is 17.1 Å². The minimum atomic E-state index is -0.0433. The Labute approximate surface area is 353 Å². The maximum absolute atomic E-state index is 6.13. The van der Waals surface area contributed by atoms with Gasteiger partial charge in [-0.15, -0.1) is 11.3 Å². The maximum Gasteiger partial charge on any atom is 0.135 e. The summed E-state index contributed by atoms with van der Waals surface area (Å²) in [5, 5.41) is 4.91. The van der Waals surface area contributed by atoms with Gasteiger partial charge in [-0.25, -0.2) is 0 Å². The van der Waals surface area contributed by atoms with Crippen molar-refractivity contribution >= 4 is 70.5 Å². The molecule has 0 amide bonds. The molecule has 0 N–H and O–H groups in total. The Morgan fingerprint density at radius 2 is 0.850 bits per heavy atom. The lowest BCUT2D eigenvalue weighted by molar-refractivity contribution is 0.660. The number of hydrogen-bond donors (Lipinski definition) is 0. The zero-order chi connectivity index (χ0) is 40.0. The van der Waals surface area contributed by atoms with Gasteiger partial charge >= 0.3 is 0 Å². The normalized spacial score (nSPS) is 13.0. The molecule has 0 saturated carbocycles. The Kier molecular flexibility index (Phi) is 7.79. The molecule has 0 spiro atoms. The van der Waals surface area contributed by atoms with Crippen LogP contribution in [0.1, 0.15) is 25.0 Å². The molecule has 11 aromatic rings. The fraction of sp³-hybridized carbons (Fsp3) is 0.0526. The molecule has 2 nitrogen and oxygen atoms in total. The van der Waals surface area contributed by atoms with Gasteiger partial charge in [0.2, 0.25) is 0 Å². The minimum Gasteiger partial charge on any atom is -0.456 e. The molecule has 0 radical (unpaired) electrons. The number of para-hydroxylation sites is 1. The molecule has 2 heterocycles.